The summed E-state index contributed by atoms with van der Waals surface area (Å²) in [5, 5.41) is 9.05. The molecule has 5 heteroatoms. The molecule has 5 rings (SSSR count). The fourth-order valence-electron chi connectivity index (χ4n) is 4.44. The Kier molecular flexibility index (Phi) is 3.48. The molecule has 2 bridgehead atoms. The maximum atomic E-state index is 4.54. The maximum absolute atomic E-state index is 4.54. The van der Waals surface area contributed by atoms with Crippen LogP contribution in [0, 0.1) is 0 Å². The molecule has 1 saturated heterocycles. The van der Waals surface area contributed by atoms with Crippen molar-refractivity contribution in [2.75, 3.05) is 0 Å². The van der Waals surface area contributed by atoms with Crippen LogP contribution < -0.4 is 0 Å². The third-order valence-corrected chi connectivity index (χ3v) is 5.84. The van der Waals surface area contributed by atoms with E-state index in [1.54, 1.807) is 0 Å². The van der Waals surface area contributed by atoms with E-state index in [4.69, 9.17) is 0 Å². The number of rotatable bonds is 3. The highest BCUT2D eigenvalue weighted by atomic mass is 15.3. The van der Waals surface area contributed by atoms with Gasteiger partial charge in [0.2, 0.25) is 0 Å². The Balaban J connectivity index is 1.47. The Labute approximate surface area is 147 Å². The lowest BCUT2D eigenvalue weighted by Gasteiger charge is -2.27. The summed E-state index contributed by atoms with van der Waals surface area (Å²) >= 11 is 0. The maximum Gasteiger partial charge on any atom is 0.164 e. The van der Waals surface area contributed by atoms with Crippen molar-refractivity contribution in [1.29, 1.82) is 0 Å². The number of fused-ring (bicyclic) bond motifs is 3. The highest BCUT2D eigenvalue weighted by Crippen LogP contribution is 2.34. The van der Waals surface area contributed by atoms with E-state index >= 15 is 0 Å². The largest absolute Gasteiger partial charge is 0.353 e. The van der Waals surface area contributed by atoms with Gasteiger partial charge in [0, 0.05) is 56.1 Å². The van der Waals surface area contributed by atoms with Crippen LogP contribution in [0.25, 0.3) is 11.4 Å². The second-order valence-corrected chi connectivity index (χ2v) is 7.29. The second-order valence-electron chi connectivity index (χ2n) is 7.29. The summed E-state index contributed by atoms with van der Waals surface area (Å²) in [6.45, 7) is 2.02. The summed E-state index contributed by atoms with van der Waals surface area (Å²) in [4.78, 5) is 2.69. The van der Waals surface area contributed by atoms with Crippen LogP contribution in [-0.4, -0.2) is 36.3 Å². The number of hydrogen-bond donors (Lipinski definition) is 0. The van der Waals surface area contributed by atoms with Gasteiger partial charge in [0.15, 0.2) is 5.82 Å². The van der Waals surface area contributed by atoms with Crippen molar-refractivity contribution >= 4 is 0 Å². The van der Waals surface area contributed by atoms with Crippen molar-refractivity contribution in [3.8, 4) is 11.4 Å². The molecule has 2 aliphatic rings. The van der Waals surface area contributed by atoms with Crippen molar-refractivity contribution in [2.24, 2.45) is 7.05 Å². The van der Waals surface area contributed by atoms with Crippen molar-refractivity contribution in [3.05, 3.63) is 60.2 Å². The fourth-order valence-corrected chi connectivity index (χ4v) is 4.44. The summed E-state index contributed by atoms with van der Waals surface area (Å²) in [6, 6.07) is 16.0. The molecule has 3 aromatic rings. The highest BCUT2D eigenvalue weighted by molar-refractivity contribution is 5.55. The van der Waals surface area contributed by atoms with E-state index in [-0.39, 0.29) is 0 Å². The van der Waals surface area contributed by atoms with Gasteiger partial charge in [-0.25, -0.2) is 0 Å². The molecule has 1 fully saturated rings. The minimum absolute atomic E-state index is 0.569. The molecule has 0 saturated carbocycles. The molecule has 0 amide bonds. The lowest BCUT2D eigenvalue weighted by molar-refractivity contribution is 0.177. The van der Waals surface area contributed by atoms with Gasteiger partial charge in [-0.3, -0.25) is 4.90 Å². The van der Waals surface area contributed by atoms with Gasteiger partial charge in [0.05, 0.1) is 0 Å². The molecule has 0 aliphatic carbocycles. The number of aryl methyl sites for hydroxylation is 1. The molecular formula is C20H23N5. The van der Waals surface area contributed by atoms with E-state index in [1.807, 2.05) is 6.07 Å². The molecule has 2 unspecified atom stereocenters. The molecule has 25 heavy (non-hydrogen) atoms. The van der Waals surface area contributed by atoms with Gasteiger partial charge in [-0.2, -0.15) is 0 Å². The van der Waals surface area contributed by atoms with Crippen LogP contribution in [0.4, 0.5) is 0 Å². The van der Waals surface area contributed by atoms with Crippen molar-refractivity contribution in [2.45, 2.75) is 44.4 Å². The molecule has 0 spiro atoms. The minimum atomic E-state index is 0.569. The van der Waals surface area contributed by atoms with E-state index in [2.05, 4.69) is 73.9 Å². The first kappa shape index (κ1) is 14.9. The average molecular weight is 333 g/mol. The smallest absolute Gasteiger partial charge is 0.164 e. The van der Waals surface area contributed by atoms with Gasteiger partial charge in [0.1, 0.15) is 5.82 Å². The van der Waals surface area contributed by atoms with Gasteiger partial charge in [-0.1, -0.05) is 30.3 Å². The lowest BCUT2D eigenvalue weighted by Crippen LogP contribution is -2.37. The molecule has 1 aromatic carbocycles. The zero-order chi connectivity index (χ0) is 16.8. The number of hydrogen-bond acceptors (Lipinski definition) is 3. The highest BCUT2D eigenvalue weighted by Gasteiger charge is 2.38. The predicted octanol–water partition coefficient (Wildman–Crippen LogP) is 2.87. The first-order chi connectivity index (χ1) is 12.3. The standard InChI is InChI=1S/C20H23N5/c1-23-11-5-8-17(23)13-24-16-9-10-18(24)14-25-19(12-16)21-22-20(25)15-6-3-2-4-7-15/h2-8,11,16,18H,9-10,12-14H2,1H3. The van der Waals surface area contributed by atoms with E-state index in [0.717, 1.165) is 36.7 Å². The topological polar surface area (TPSA) is 38.9 Å². The first-order valence-corrected chi connectivity index (χ1v) is 9.13. The molecule has 2 aromatic heterocycles. The molecule has 5 nitrogen and oxygen atoms in total. The van der Waals surface area contributed by atoms with E-state index in [9.17, 15) is 0 Å². The number of benzene rings is 1. The van der Waals surface area contributed by atoms with Crippen LogP contribution in [0.1, 0.15) is 24.4 Å². The Morgan fingerprint density at radius 1 is 1.00 bits per heavy atom. The molecule has 0 N–H and O–H groups in total. The first-order valence-electron chi connectivity index (χ1n) is 9.13. The molecule has 0 radical (unpaired) electrons. The molecular weight excluding hydrogens is 310 g/mol. The Bertz CT molecular complexity index is 879. The Morgan fingerprint density at radius 2 is 1.84 bits per heavy atom. The number of aromatic nitrogens is 4. The lowest BCUT2D eigenvalue weighted by atomic mass is 10.1. The summed E-state index contributed by atoms with van der Waals surface area (Å²) in [5.41, 5.74) is 2.55. The fraction of sp³-hybridized carbons (Fsp3) is 0.400. The quantitative estimate of drug-likeness (QED) is 0.740. The predicted molar refractivity (Wildman–Crippen MR) is 96.9 cm³/mol. The summed E-state index contributed by atoms with van der Waals surface area (Å²) in [6.07, 6.45) is 5.67. The third kappa shape index (κ3) is 2.50. The van der Waals surface area contributed by atoms with E-state index in [0.29, 0.717) is 12.1 Å². The Morgan fingerprint density at radius 3 is 2.64 bits per heavy atom. The van der Waals surface area contributed by atoms with E-state index < -0.39 is 0 Å². The van der Waals surface area contributed by atoms with Crippen LogP contribution in [-0.2, 0) is 26.6 Å². The van der Waals surface area contributed by atoms with Crippen molar-refractivity contribution < 1.29 is 0 Å². The van der Waals surface area contributed by atoms with Gasteiger partial charge in [0.25, 0.3) is 0 Å². The molecule has 4 heterocycles. The van der Waals surface area contributed by atoms with Crippen LogP contribution >= 0.6 is 0 Å². The number of nitrogens with zero attached hydrogens (tertiary/aromatic N) is 5. The average Bonchev–Trinajstić information content (AvgIpc) is 3.28. The summed E-state index contributed by atoms with van der Waals surface area (Å²) < 4.78 is 4.59. The van der Waals surface area contributed by atoms with Gasteiger partial charge in [-0.05, 0) is 25.0 Å². The normalized spacial score (nSPS) is 22.8. The zero-order valence-electron chi connectivity index (χ0n) is 14.5. The van der Waals surface area contributed by atoms with Crippen LogP contribution in [0.5, 0.6) is 0 Å². The van der Waals surface area contributed by atoms with Gasteiger partial charge < -0.3 is 9.13 Å². The summed E-state index contributed by atoms with van der Waals surface area (Å²) in [7, 11) is 2.14. The molecule has 2 aliphatic heterocycles. The summed E-state index contributed by atoms with van der Waals surface area (Å²) in [5.74, 6) is 2.16. The van der Waals surface area contributed by atoms with Crippen molar-refractivity contribution in [1.82, 2.24) is 24.2 Å². The van der Waals surface area contributed by atoms with E-state index in [1.165, 1.54) is 18.5 Å². The van der Waals surface area contributed by atoms with Crippen LogP contribution in [0.2, 0.25) is 0 Å². The van der Waals surface area contributed by atoms with Gasteiger partial charge in [-0.15, -0.1) is 10.2 Å². The monoisotopic (exact) mass is 333 g/mol. The zero-order valence-corrected chi connectivity index (χ0v) is 14.5. The van der Waals surface area contributed by atoms with Crippen LogP contribution in [0.3, 0.4) is 0 Å². The second kappa shape index (κ2) is 5.85. The van der Waals surface area contributed by atoms with Crippen LogP contribution in [0.15, 0.2) is 48.7 Å². The third-order valence-electron chi connectivity index (χ3n) is 5.84. The molecule has 2 atom stereocenters. The molecule has 128 valence electrons. The Hall–Kier alpha value is -2.40. The minimum Gasteiger partial charge on any atom is -0.353 e. The van der Waals surface area contributed by atoms with Gasteiger partial charge >= 0.3 is 0 Å². The van der Waals surface area contributed by atoms with Crippen molar-refractivity contribution in [3.63, 3.8) is 0 Å². The SMILES string of the molecule is Cn1cccc1CN1C2CCC1Cn1c(nnc1-c1ccccc1)C2.